The molecule has 0 unspecified atom stereocenters. The van der Waals surface area contributed by atoms with E-state index >= 15 is 0 Å². The number of hydrogen-bond acceptors (Lipinski definition) is 1. The van der Waals surface area contributed by atoms with Crippen LogP contribution in [-0.2, 0) is 16.6 Å². The van der Waals surface area contributed by atoms with Gasteiger partial charge in [0.2, 0.25) is 0 Å². The average molecular weight is 245 g/mol. The third-order valence-electron chi connectivity index (χ3n) is 1.94. The van der Waals surface area contributed by atoms with Crippen LogP contribution in [0.2, 0.25) is 0 Å². The van der Waals surface area contributed by atoms with Crippen molar-refractivity contribution in [3.63, 3.8) is 0 Å². The average Bonchev–Trinajstić information content (AvgIpc) is 2.25. The molecule has 0 bridgehead atoms. The number of aliphatic carboxylic acids is 1. The fraction of sp³-hybridized carbons (Fsp3) is 0.182. The van der Waals surface area contributed by atoms with Crippen LogP contribution in [0.25, 0.3) is 6.08 Å². The minimum absolute atomic E-state index is 0.372. The van der Waals surface area contributed by atoms with Crippen molar-refractivity contribution in [2.75, 3.05) is 0 Å². The van der Waals surface area contributed by atoms with Gasteiger partial charge in [-0.3, -0.25) is 0 Å². The maximum absolute atomic E-state index is 10.3. The number of halogens is 2. The summed E-state index contributed by atoms with van der Waals surface area (Å²) in [5.74, 6) is -0.189. The van der Waals surface area contributed by atoms with E-state index in [1.165, 1.54) is 6.08 Å². The third kappa shape index (κ3) is 3.57. The first-order chi connectivity index (χ1) is 7.17. The molecule has 15 heavy (non-hydrogen) atoms. The van der Waals surface area contributed by atoms with Crippen LogP contribution < -0.4 is 0 Å². The van der Waals surface area contributed by atoms with E-state index in [1.54, 1.807) is 0 Å². The largest absolute Gasteiger partial charge is 0.478 e. The van der Waals surface area contributed by atoms with Gasteiger partial charge < -0.3 is 5.11 Å². The van der Waals surface area contributed by atoms with Gasteiger partial charge in [0, 0.05) is 17.8 Å². The van der Waals surface area contributed by atoms with Gasteiger partial charge in [0.1, 0.15) is 0 Å². The summed E-state index contributed by atoms with van der Waals surface area (Å²) in [6.45, 7) is 0. The Bertz CT molecular complexity index is 386. The second kappa shape index (κ2) is 5.79. The lowest BCUT2D eigenvalue weighted by molar-refractivity contribution is -0.131. The fourth-order valence-electron chi connectivity index (χ4n) is 1.17. The van der Waals surface area contributed by atoms with Crippen molar-refractivity contribution in [1.29, 1.82) is 0 Å². The molecule has 0 atom stereocenters. The van der Waals surface area contributed by atoms with Gasteiger partial charge in [-0.1, -0.05) is 18.2 Å². The van der Waals surface area contributed by atoms with Gasteiger partial charge in [-0.2, -0.15) is 0 Å². The summed E-state index contributed by atoms with van der Waals surface area (Å²) in [4.78, 5) is 10.3. The lowest BCUT2D eigenvalue weighted by Crippen LogP contribution is -1.90. The molecule has 1 aromatic rings. The Hall–Kier alpha value is -0.990. The summed E-state index contributed by atoms with van der Waals surface area (Å²) in [6.07, 6.45) is 2.62. The molecule has 1 aromatic carbocycles. The Morgan fingerprint density at radius 2 is 1.93 bits per heavy atom. The zero-order chi connectivity index (χ0) is 11.3. The van der Waals surface area contributed by atoms with E-state index in [9.17, 15) is 4.79 Å². The van der Waals surface area contributed by atoms with Crippen molar-refractivity contribution >= 4 is 35.2 Å². The van der Waals surface area contributed by atoms with Gasteiger partial charge in [0.25, 0.3) is 0 Å². The maximum atomic E-state index is 10.3. The molecule has 1 rings (SSSR count). The highest BCUT2D eigenvalue weighted by Gasteiger charge is 2.00. The molecule has 0 aliphatic carbocycles. The minimum atomic E-state index is -0.969. The number of alkyl halides is 2. The third-order valence-corrected chi connectivity index (χ3v) is 2.51. The number of carboxylic acids is 1. The topological polar surface area (TPSA) is 37.3 Å². The molecule has 80 valence electrons. The van der Waals surface area contributed by atoms with E-state index in [2.05, 4.69) is 0 Å². The Kier molecular flexibility index (Phi) is 4.66. The summed E-state index contributed by atoms with van der Waals surface area (Å²) in [6, 6.07) is 5.50. The van der Waals surface area contributed by atoms with Gasteiger partial charge >= 0.3 is 5.97 Å². The molecule has 0 aromatic heterocycles. The maximum Gasteiger partial charge on any atom is 0.328 e. The zero-order valence-corrected chi connectivity index (χ0v) is 9.42. The summed E-state index contributed by atoms with van der Waals surface area (Å²) in [5, 5.41) is 8.47. The predicted octanol–water partition coefficient (Wildman–Crippen LogP) is 3.26. The normalized spacial score (nSPS) is 10.8. The molecule has 2 nitrogen and oxygen atoms in total. The van der Waals surface area contributed by atoms with Gasteiger partial charge in [-0.15, -0.1) is 23.2 Å². The van der Waals surface area contributed by atoms with E-state index in [1.807, 2.05) is 18.2 Å². The molecule has 0 aliphatic heterocycles. The molecule has 0 spiro atoms. The SMILES string of the molecule is O=C(O)/C=C/c1ccc(CCl)c(CCl)c1. The van der Waals surface area contributed by atoms with E-state index in [0.717, 1.165) is 22.8 Å². The van der Waals surface area contributed by atoms with Crippen LogP contribution in [0.4, 0.5) is 0 Å². The van der Waals surface area contributed by atoms with Crippen molar-refractivity contribution in [2.24, 2.45) is 0 Å². The first kappa shape index (κ1) is 12.1. The van der Waals surface area contributed by atoms with Crippen LogP contribution >= 0.6 is 23.2 Å². The van der Waals surface area contributed by atoms with Crippen LogP contribution in [0.5, 0.6) is 0 Å². The van der Waals surface area contributed by atoms with Crippen molar-refractivity contribution in [3.8, 4) is 0 Å². The summed E-state index contributed by atoms with van der Waals surface area (Å²) in [5.41, 5.74) is 2.71. The zero-order valence-electron chi connectivity index (χ0n) is 7.91. The van der Waals surface area contributed by atoms with Crippen LogP contribution in [0.3, 0.4) is 0 Å². The monoisotopic (exact) mass is 244 g/mol. The van der Waals surface area contributed by atoms with Crippen LogP contribution in [0, 0.1) is 0 Å². The summed E-state index contributed by atoms with van der Waals surface area (Å²) >= 11 is 11.5. The van der Waals surface area contributed by atoms with E-state index in [-0.39, 0.29) is 0 Å². The van der Waals surface area contributed by atoms with Gasteiger partial charge in [-0.25, -0.2) is 4.79 Å². The Balaban J connectivity index is 2.97. The number of rotatable bonds is 4. The standard InChI is InChI=1S/C11H10Cl2O2/c12-6-9-3-1-8(2-4-11(14)15)5-10(9)7-13/h1-5H,6-7H2,(H,14,15)/b4-2+. The number of hydrogen-bond donors (Lipinski definition) is 1. The van der Waals surface area contributed by atoms with E-state index in [0.29, 0.717) is 11.8 Å². The van der Waals surface area contributed by atoms with Crippen molar-refractivity contribution in [1.82, 2.24) is 0 Å². The second-order valence-corrected chi connectivity index (χ2v) is 3.50. The molecule has 0 heterocycles. The quantitative estimate of drug-likeness (QED) is 0.652. The van der Waals surface area contributed by atoms with Gasteiger partial charge in [0.05, 0.1) is 0 Å². The van der Waals surface area contributed by atoms with Crippen LogP contribution in [0.15, 0.2) is 24.3 Å². The molecule has 0 saturated heterocycles. The highest BCUT2D eigenvalue weighted by Crippen LogP contribution is 2.17. The smallest absolute Gasteiger partial charge is 0.328 e. The predicted molar refractivity (Wildman–Crippen MR) is 62.2 cm³/mol. The van der Waals surface area contributed by atoms with Gasteiger partial charge in [-0.05, 0) is 22.8 Å². The molecule has 0 saturated carbocycles. The molecule has 4 heteroatoms. The highest BCUT2D eigenvalue weighted by molar-refractivity contribution is 6.18. The van der Waals surface area contributed by atoms with E-state index < -0.39 is 5.97 Å². The van der Waals surface area contributed by atoms with Crippen LogP contribution in [0.1, 0.15) is 16.7 Å². The molecule has 1 N–H and O–H groups in total. The Morgan fingerprint density at radius 1 is 1.27 bits per heavy atom. The Morgan fingerprint density at radius 3 is 2.47 bits per heavy atom. The van der Waals surface area contributed by atoms with E-state index in [4.69, 9.17) is 28.3 Å². The van der Waals surface area contributed by atoms with Crippen molar-refractivity contribution in [2.45, 2.75) is 11.8 Å². The highest BCUT2D eigenvalue weighted by atomic mass is 35.5. The summed E-state index contributed by atoms with van der Waals surface area (Å²) < 4.78 is 0. The number of benzene rings is 1. The second-order valence-electron chi connectivity index (χ2n) is 2.97. The molecule has 0 radical (unpaired) electrons. The summed E-state index contributed by atoms with van der Waals surface area (Å²) in [7, 11) is 0. The van der Waals surface area contributed by atoms with Gasteiger partial charge in [0.15, 0.2) is 0 Å². The fourth-order valence-corrected chi connectivity index (χ4v) is 1.68. The molecule has 0 fully saturated rings. The number of carboxylic acid groups (broad SMARTS) is 1. The lowest BCUT2D eigenvalue weighted by Gasteiger charge is -2.04. The lowest BCUT2D eigenvalue weighted by atomic mass is 10.1. The first-order valence-electron chi connectivity index (χ1n) is 4.32. The molecular weight excluding hydrogens is 235 g/mol. The molecule has 0 amide bonds. The van der Waals surface area contributed by atoms with Crippen molar-refractivity contribution in [3.05, 3.63) is 41.0 Å². The number of carbonyl (C=O) groups is 1. The van der Waals surface area contributed by atoms with Crippen LogP contribution in [-0.4, -0.2) is 11.1 Å². The minimum Gasteiger partial charge on any atom is -0.478 e. The Labute approximate surface area is 98.1 Å². The molecular formula is C11H10Cl2O2. The first-order valence-corrected chi connectivity index (χ1v) is 5.39. The van der Waals surface area contributed by atoms with Crippen molar-refractivity contribution < 1.29 is 9.90 Å². The molecule has 0 aliphatic rings.